The fraction of sp³-hybridized carbons (Fsp3) is 1.00. The molecule has 0 saturated carbocycles. The highest BCUT2D eigenvalue weighted by Gasteiger charge is 2.58. The van der Waals surface area contributed by atoms with Crippen LogP contribution in [-0.2, 0) is 129 Å². The normalized spacial score (nSPS) is 10.4. The van der Waals surface area contributed by atoms with E-state index in [2.05, 4.69) is 0 Å². The van der Waals surface area contributed by atoms with Gasteiger partial charge in [0, 0.05) is 0 Å². The van der Waals surface area contributed by atoms with Crippen molar-refractivity contribution in [3.8, 4) is 0 Å². The van der Waals surface area contributed by atoms with Crippen LogP contribution in [0.15, 0.2) is 0 Å². The van der Waals surface area contributed by atoms with Crippen LogP contribution in [0.4, 0.5) is 0 Å². The van der Waals surface area contributed by atoms with Crippen molar-refractivity contribution in [1.82, 2.24) is 0 Å². The molecule has 0 amide bonds. The number of rotatable bonds is 30. The van der Waals surface area contributed by atoms with Crippen molar-refractivity contribution in [3.63, 3.8) is 0 Å². The maximum absolute atomic E-state index is 12.7. The Balaban J connectivity index is 5.84. The van der Waals surface area contributed by atoms with Gasteiger partial charge in [-0.3, -0.25) is 0 Å². The zero-order valence-electron chi connectivity index (χ0n) is 30.5. The predicted octanol–water partition coefficient (Wildman–Crippen LogP) is -14.2. The highest BCUT2D eigenvalue weighted by Crippen LogP contribution is 2.00. The summed E-state index contributed by atoms with van der Waals surface area (Å²) < 4.78 is 352. The quantitative estimate of drug-likeness (QED) is 0.0653. The Morgan fingerprint density at radius 2 is 0.381 bits per heavy atom. The van der Waals surface area contributed by atoms with Crippen molar-refractivity contribution >= 4 is 234 Å². The third kappa shape index (κ3) is 17.5. The number of hydrogen-bond acceptors (Lipinski definition) is 29. The van der Waals surface area contributed by atoms with Crippen molar-refractivity contribution in [2.45, 2.75) is 19.6 Å². The molecule has 0 fully saturated rings. The zero-order chi connectivity index (χ0) is 50.1. The average molecular weight is 1370 g/mol. The maximum atomic E-state index is 12.7. The summed E-state index contributed by atoms with van der Waals surface area (Å²) in [5.41, 5.74) is 0. The highest BCUT2D eigenvalue weighted by molar-refractivity contribution is 7.84. The van der Waals surface area contributed by atoms with Gasteiger partial charge in [-0.15, -0.1) is 0 Å². The molecule has 0 rings (SSSR count). The lowest BCUT2D eigenvalue weighted by atomic mass is 11.8. The summed E-state index contributed by atoms with van der Waals surface area (Å²) in [7, 11) is -127. The van der Waals surface area contributed by atoms with Crippen LogP contribution in [0.25, 0.3) is 0 Å². The average Bonchev–Trinajstić information content (AvgIpc) is 3.25. The molecule has 1 N–H and O–H groups in total. The van der Waals surface area contributed by atoms with Crippen molar-refractivity contribution in [3.05, 3.63) is 0 Å². The van der Waals surface area contributed by atoms with E-state index in [1.54, 1.807) is 19.6 Å². The van der Waals surface area contributed by atoms with Gasteiger partial charge in [-0.2, -0.15) is 0 Å². The lowest BCUT2D eigenvalue weighted by Gasteiger charge is -2.15. The Bertz CT molecular complexity index is 2580. The molecule has 0 bridgehead atoms. The summed E-state index contributed by atoms with van der Waals surface area (Å²) in [5, 5.41) is 0. The molecule has 60 heteroatoms. The second kappa shape index (κ2) is 27.8. The minimum atomic E-state index is -4.67. The maximum Gasteiger partial charge on any atom is 0.544 e. The summed E-state index contributed by atoms with van der Waals surface area (Å²) in [4.78, 5) is 8.76. The van der Waals surface area contributed by atoms with Crippen LogP contribution in [-0.4, -0.2) is 239 Å². The van der Waals surface area contributed by atoms with E-state index in [1.165, 1.54) is 0 Å². The fourth-order valence-corrected chi connectivity index (χ4v) is 330. The van der Waals surface area contributed by atoms with Crippen LogP contribution in [0, 0.1) is 0 Å². The fourth-order valence-electron chi connectivity index (χ4n) is 3.05. The first-order valence-electron chi connectivity index (χ1n) is 15.0. The van der Waals surface area contributed by atoms with E-state index >= 15 is 0 Å². The summed E-state index contributed by atoms with van der Waals surface area (Å²) in [6.45, 7) is 5.01. The first-order valence-corrected chi connectivity index (χ1v) is 87.7. The Kier molecular flexibility index (Phi) is 28.0. The second-order valence-corrected chi connectivity index (χ2v) is 154. The Morgan fingerprint density at radius 1 is 0.254 bits per heavy atom. The molecule has 0 atom stereocenters. The largest absolute Gasteiger partial charge is 0.544 e. The standard InChI is InChI=1S/C3H12O30Si30/c1-63(2,3)33-34-36(6)38(8)40(10)42(12)44(14)46(16)48(18)50(20)52(22)54(24)56(26)58(28)60(30)62(32)61(31)59(29)57(27)55(25)53(23)51(21)49(19)47(17)45(15)43(13)41(11)39(9)37(7)35(4)5/h4H,34H2,1-3H3. The molecule has 324 valence electrons. The van der Waals surface area contributed by atoms with Gasteiger partial charge in [0.1, 0.15) is 0 Å². The van der Waals surface area contributed by atoms with Crippen LogP contribution >= 0.6 is 0 Å². The third-order valence-electron chi connectivity index (χ3n) is 6.24. The van der Waals surface area contributed by atoms with E-state index in [0.29, 0.717) is 0 Å². The van der Waals surface area contributed by atoms with Crippen molar-refractivity contribution in [1.29, 1.82) is 0 Å². The van der Waals surface area contributed by atoms with E-state index in [4.69, 9.17) is 8.91 Å². The lowest BCUT2D eigenvalue weighted by molar-refractivity contribution is 0.459. The highest BCUT2D eigenvalue weighted by atomic mass is 30.1. The van der Waals surface area contributed by atoms with Gasteiger partial charge in [-0.25, -0.2) is 0 Å². The molecular weight excluding hydrogens is 1360 g/mol. The minimum Gasteiger partial charge on any atom is -0.538 e. The van der Waals surface area contributed by atoms with Gasteiger partial charge in [0.15, 0.2) is 8.32 Å². The molecule has 0 aliphatic heterocycles. The van der Waals surface area contributed by atoms with Gasteiger partial charge < -0.3 is 134 Å². The van der Waals surface area contributed by atoms with Crippen molar-refractivity contribution in [2.75, 3.05) is 0 Å². The predicted molar refractivity (Wildman–Crippen MR) is 216 cm³/mol. The molecule has 0 aromatic rings. The lowest BCUT2D eigenvalue weighted by Crippen LogP contribution is -2.57. The van der Waals surface area contributed by atoms with Gasteiger partial charge in [-0.05, 0) is 19.6 Å². The molecule has 0 unspecified atom stereocenters. The van der Waals surface area contributed by atoms with E-state index < -0.39 is 234 Å². The van der Waals surface area contributed by atoms with Crippen LogP contribution in [0.5, 0.6) is 0 Å². The summed E-state index contributed by atoms with van der Waals surface area (Å²) in [6, 6.07) is 0. The first kappa shape index (κ1) is 63.7. The molecule has 0 aliphatic rings. The summed E-state index contributed by atoms with van der Waals surface area (Å²) >= 11 is 0. The van der Waals surface area contributed by atoms with E-state index in [1.807, 2.05) is 0 Å². The van der Waals surface area contributed by atoms with Crippen molar-refractivity contribution < 1.29 is 134 Å². The van der Waals surface area contributed by atoms with Crippen LogP contribution in [0.1, 0.15) is 0 Å². The molecule has 30 nitrogen and oxygen atoms in total. The Labute approximate surface area is 384 Å². The molecule has 63 heavy (non-hydrogen) atoms. The molecule has 0 saturated heterocycles. The van der Waals surface area contributed by atoms with Crippen LogP contribution in [0.2, 0.25) is 19.6 Å². The summed E-state index contributed by atoms with van der Waals surface area (Å²) in [5.74, 6) is 0. The van der Waals surface area contributed by atoms with E-state index in [9.17, 15) is 125 Å². The number of hydrogen-bond donors (Lipinski definition) is 1. The van der Waals surface area contributed by atoms with Gasteiger partial charge in [0.25, 0.3) is 0 Å². The molecule has 0 radical (unpaired) electrons. The Hall–Kier alpha value is 0.666. The van der Waals surface area contributed by atoms with Crippen molar-refractivity contribution in [2.24, 2.45) is 0 Å². The molecule has 0 spiro atoms. The molecule has 0 aromatic carbocycles. The second-order valence-electron chi connectivity index (χ2n) is 11.7. The molecular formula is C3H12O30Si30. The monoisotopic (exact) mass is 1370 g/mol. The SMILES string of the molecule is C[Si](C)(C)O[SiH2][Si](=O)[Si](=O)[Si](=O)[Si](=O)[Si](=O)[Si](=O)[Si](=O)[Si](=O)[Si](=O)[Si](=O)[Si](=O)[Si](=O)[Si](=O)[Si](=O)[Si](=O)[Si](=O)[Si](=O)[Si](=O)[Si](=O)[Si](=O)[Si](=O)[Si](=O)[Si](=O)[Si](=O)[Si](=O)[Si](=O)[Si](=O)[Si](=O)O. The molecule has 0 heterocycles. The van der Waals surface area contributed by atoms with Gasteiger partial charge >= 0.3 is 217 Å². The topological polar surface area (TPSA) is 507 Å². The minimum absolute atomic E-state index is 1.67. The first-order chi connectivity index (χ1) is 28.5. The van der Waals surface area contributed by atoms with E-state index in [0.717, 1.165) is 0 Å². The molecule has 0 aromatic heterocycles. The van der Waals surface area contributed by atoms with Gasteiger partial charge in [0.05, 0.1) is 0 Å². The molecule has 0 aliphatic carbocycles. The smallest absolute Gasteiger partial charge is 0.538 e. The van der Waals surface area contributed by atoms with Crippen LogP contribution in [0.3, 0.4) is 0 Å². The van der Waals surface area contributed by atoms with Crippen LogP contribution < -0.4 is 0 Å². The zero-order valence-corrected chi connectivity index (χ0v) is 60.9. The third-order valence-corrected chi connectivity index (χ3v) is 228. The summed E-state index contributed by atoms with van der Waals surface area (Å²) in [6.07, 6.45) is 0. The van der Waals surface area contributed by atoms with Gasteiger partial charge in [-0.1, -0.05) is 0 Å². The van der Waals surface area contributed by atoms with Gasteiger partial charge in [0.2, 0.25) is 9.28 Å². The van der Waals surface area contributed by atoms with E-state index in [-0.39, 0.29) is 0 Å². The Morgan fingerprint density at radius 3 is 0.508 bits per heavy atom.